The van der Waals surface area contributed by atoms with E-state index in [1.54, 1.807) is 5.01 Å². The molecule has 0 saturated carbocycles. The van der Waals surface area contributed by atoms with Gasteiger partial charge in [-0.15, -0.1) is 12.6 Å². The molecule has 2 aliphatic rings. The van der Waals surface area contributed by atoms with E-state index >= 15 is 0 Å². The fourth-order valence-electron chi connectivity index (χ4n) is 2.38. The Morgan fingerprint density at radius 3 is 3.00 bits per heavy atom. The minimum absolute atomic E-state index is 0.124. The summed E-state index contributed by atoms with van der Waals surface area (Å²) < 4.78 is 13.9. The van der Waals surface area contributed by atoms with E-state index in [4.69, 9.17) is 11.6 Å². The lowest BCUT2D eigenvalue weighted by Crippen LogP contribution is -2.38. The van der Waals surface area contributed by atoms with Crippen LogP contribution in [0.25, 0.3) is 0 Å². The van der Waals surface area contributed by atoms with E-state index in [1.807, 2.05) is 24.3 Å². The predicted octanol–water partition coefficient (Wildman–Crippen LogP) is 2.55. The van der Waals surface area contributed by atoms with Gasteiger partial charge in [0.2, 0.25) is 0 Å². The van der Waals surface area contributed by atoms with Crippen molar-refractivity contribution in [1.29, 1.82) is 0 Å². The van der Waals surface area contributed by atoms with Crippen molar-refractivity contribution in [3.8, 4) is 0 Å². The van der Waals surface area contributed by atoms with E-state index in [0.717, 1.165) is 5.56 Å². The van der Waals surface area contributed by atoms with E-state index in [2.05, 4.69) is 23.0 Å². The number of hydrazone groups is 1. The zero-order chi connectivity index (χ0) is 12.0. The minimum Gasteiger partial charge on any atom is -0.340 e. The molecule has 1 fully saturated rings. The van der Waals surface area contributed by atoms with Crippen molar-refractivity contribution in [3.63, 3.8) is 0 Å². The number of fused-ring (bicyclic) bond motifs is 1. The molecule has 1 aromatic rings. The van der Waals surface area contributed by atoms with Crippen LogP contribution in [0.4, 0.5) is 4.39 Å². The van der Waals surface area contributed by atoms with Crippen molar-refractivity contribution in [2.75, 3.05) is 0 Å². The second kappa shape index (κ2) is 4.07. The molecule has 17 heavy (non-hydrogen) atoms. The van der Waals surface area contributed by atoms with Crippen LogP contribution >= 0.6 is 24.2 Å². The van der Waals surface area contributed by atoms with Crippen LogP contribution in [-0.4, -0.2) is 22.5 Å². The van der Waals surface area contributed by atoms with Gasteiger partial charge in [-0.25, -0.2) is 4.39 Å². The highest BCUT2D eigenvalue weighted by Crippen LogP contribution is 2.41. The number of nitrogens with one attached hydrogen (secondary N) is 1. The van der Waals surface area contributed by atoms with Crippen LogP contribution in [0.5, 0.6) is 0 Å². The normalized spacial score (nSPS) is 31.1. The zero-order valence-electron chi connectivity index (χ0n) is 8.85. The third kappa shape index (κ3) is 1.77. The van der Waals surface area contributed by atoms with Crippen molar-refractivity contribution in [1.82, 2.24) is 10.3 Å². The largest absolute Gasteiger partial charge is 0.340 e. The van der Waals surface area contributed by atoms with Gasteiger partial charge in [0, 0.05) is 11.4 Å². The summed E-state index contributed by atoms with van der Waals surface area (Å²) in [6, 6.07) is 7.36. The lowest BCUT2D eigenvalue weighted by atomic mass is 10.0. The molecule has 3 nitrogen and oxygen atoms in total. The number of thiol groups is 1. The summed E-state index contributed by atoms with van der Waals surface area (Å²) >= 11 is 10.3. The van der Waals surface area contributed by atoms with E-state index in [0.29, 0.717) is 16.6 Å². The monoisotopic (exact) mass is 271 g/mol. The second-order valence-electron chi connectivity index (χ2n) is 4.18. The number of rotatable bonds is 1. The fraction of sp³-hybridized carbons (Fsp3) is 0.364. The average Bonchev–Trinajstić information content (AvgIpc) is 2.80. The van der Waals surface area contributed by atoms with Gasteiger partial charge in [-0.1, -0.05) is 29.8 Å². The molecule has 1 N–H and O–H groups in total. The highest BCUT2D eigenvalue weighted by atomic mass is 35.5. The van der Waals surface area contributed by atoms with Gasteiger partial charge >= 0.3 is 0 Å². The maximum atomic E-state index is 13.9. The Morgan fingerprint density at radius 1 is 1.47 bits per heavy atom. The quantitative estimate of drug-likeness (QED) is 0.769. The molecule has 6 heteroatoms. The lowest BCUT2D eigenvalue weighted by molar-refractivity contribution is 0.180. The summed E-state index contributed by atoms with van der Waals surface area (Å²) in [6.07, 6.45) is -0.986. The smallest absolute Gasteiger partial charge is 0.179 e. The first-order valence-corrected chi connectivity index (χ1v) is 6.20. The lowest BCUT2D eigenvalue weighted by Gasteiger charge is -2.22. The Balaban J connectivity index is 1.97. The van der Waals surface area contributed by atoms with Crippen molar-refractivity contribution in [2.24, 2.45) is 5.10 Å². The molecular formula is C11H11ClFN3S. The van der Waals surface area contributed by atoms with Crippen LogP contribution in [0.2, 0.25) is 5.02 Å². The van der Waals surface area contributed by atoms with Crippen LogP contribution in [0.3, 0.4) is 0 Å². The molecule has 1 saturated heterocycles. The molecule has 90 valence electrons. The summed E-state index contributed by atoms with van der Waals surface area (Å²) in [6.45, 7) is 0. The Bertz CT molecular complexity index is 482. The van der Waals surface area contributed by atoms with Crippen LogP contribution in [0.15, 0.2) is 29.4 Å². The van der Waals surface area contributed by atoms with E-state index in [1.165, 1.54) is 0 Å². The van der Waals surface area contributed by atoms with Gasteiger partial charge in [-0.2, -0.15) is 5.10 Å². The molecule has 0 radical (unpaired) electrons. The van der Waals surface area contributed by atoms with Gasteiger partial charge in [0.1, 0.15) is 12.3 Å². The van der Waals surface area contributed by atoms with Crippen LogP contribution in [-0.2, 0) is 0 Å². The van der Waals surface area contributed by atoms with Gasteiger partial charge in [0.25, 0.3) is 0 Å². The number of alkyl halides is 1. The molecule has 0 aliphatic carbocycles. The number of hydrogen-bond acceptors (Lipinski definition) is 3. The molecule has 2 aliphatic heterocycles. The summed E-state index contributed by atoms with van der Waals surface area (Å²) in [4.78, 5) is 0. The third-order valence-corrected chi connectivity index (χ3v) is 3.71. The molecule has 0 spiro atoms. The molecule has 0 bridgehead atoms. The minimum atomic E-state index is -0.968. The van der Waals surface area contributed by atoms with Gasteiger partial charge in [-0.3, -0.25) is 5.01 Å². The zero-order valence-corrected chi connectivity index (χ0v) is 10.5. The third-order valence-electron chi connectivity index (χ3n) is 3.15. The van der Waals surface area contributed by atoms with Gasteiger partial charge in [0.05, 0.1) is 6.04 Å². The standard InChI is InChI=1S/C11H11ClFN3S/c12-7-4-2-1-3-6(7)9-5-8(13)10-14-11(17)15-16(9)10/h1-4,8-10H,5H2,(H2,14,15,17)/t8-,9-,10?/m0/s1. The Kier molecular flexibility index (Phi) is 2.67. The molecule has 0 aromatic heterocycles. The number of nitrogens with zero attached hydrogens (tertiary/aromatic N) is 2. The number of hydrogen-bond donors (Lipinski definition) is 2. The maximum Gasteiger partial charge on any atom is 0.179 e. The number of amidine groups is 1. The first-order valence-electron chi connectivity index (χ1n) is 5.38. The molecule has 0 amide bonds. The maximum absolute atomic E-state index is 13.9. The molecule has 3 atom stereocenters. The van der Waals surface area contributed by atoms with Gasteiger partial charge < -0.3 is 5.32 Å². The molecular weight excluding hydrogens is 261 g/mol. The van der Waals surface area contributed by atoms with Crippen LogP contribution in [0.1, 0.15) is 18.0 Å². The van der Waals surface area contributed by atoms with E-state index < -0.39 is 12.3 Å². The Morgan fingerprint density at radius 2 is 2.24 bits per heavy atom. The SMILES string of the molecule is F[C@H]1C[C@@H](c2ccccc2Cl)N2N=C(S)NC12. The summed E-state index contributed by atoms with van der Waals surface area (Å²) in [5, 5.41) is 9.93. The Hall–Kier alpha value is -0.940. The first-order chi connectivity index (χ1) is 8.16. The number of benzene rings is 1. The van der Waals surface area contributed by atoms with E-state index in [-0.39, 0.29) is 6.04 Å². The van der Waals surface area contributed by atoms with E-state index in [9.17, 15) is 4.39 Å². The molecule has 1 unspecified atom stereocenters. The van der Waals surface area contributed by atoms with Gasteiger partial charge in [-0.05, 0) is 11.6 Å². The Labute approximate surface area is 109 Å². The van der Waals surface area contributed by atoms with Crippen molar-refractivity contribution < 1.29 is 4.39 Å². The van der Waals surface area contributed by atoms with Gasteiger partial charge in [0.15, 0.2) is 5.17 Å². The molecule has 3 rings (SSSR count). The van der Waals surface area contributed by atoms with Crippen molar-refractivity contribution in [3.05, 3.63) is 34.9 Å². The van der Waals surface area contributed by atoms with Crippen molar-refractivity contribution >= 4 is 29.4 Å². The van der Waals surface area contributed by atoms with Crippen molar-refractivity contribution in [2.45, 2.75) is 24.8 Å². The van der Waals surface area contributed by atoms with Crippen LogP contribution < -0.4 is 5.32 Å². The molecule has 1 aromatic carbocycles. The summed E-state index contributed by atoms with van der Waals surface area (Å²) in [5.74, 6) is 0. The summed E-state index contributed by atoms with van der Waals surface area (Å²) in [5.41, 5.74) is 0.910. The average molecular weight is 272 g/mol. The highest BCUT2D eigenvalue weighted by molar-refractivity contribution is 7.96. The first kappa shape index (κ1) is 11.2. The summed E-state index contributed by atoms with van der Waals surface area (Å²) in [7, 11) is 0. The highest BCUT2D eigenvalue weighted by Gasteiger charge is 2.45. The predicted molar refractivity (Wildman–Crippen MR) is 68.9 cm³/mol. The second-order valence-corrected chi connectivity index (χ2v) is 5.01. The molecule has 2 heterocycles. The van der Waals surface area contributed by atoms with Crippen LogP contribution in [0, 0.1) is 0 Å². The topological polar surface area (TPSA) is 27.6 Å². The fourth-order valence-corrected chi connectivity index (χ4v) is 2.88. The number of halogens is 2.